The molecule has 1 amide bonds. The largest absolute Gasteiger partial charge is 0.418 e. The number of nitrogens with two attached hydrogens (primary N) is 1. The van der Waals surface area contributed by atoms with Gasteiger partial charge in [-0.1, -0.05) is 17.7 Å². The highest BCUT2D eigenvalue weighted by Gasteiger charge is 2.34. The summed E-state index contributed by atoms with van der Waals surface area (Å²) in [6.45, 7) is 1.58. The van der Waals surface area contributed by atoms with Crippen LogP contribution in [0.5, 0.6) is 0 Å². The van der Waals surface area contributed by atoms with Crippen molar-refractivity contribution in [2.24, 2.45) is 5.73 Å². The van der Waals surface area contributed by atoms with E-state index >= 15 is 0 Å². The van der Waals surface area contributed by atoms with Crippen molar-refractivity contribution in [3.8, 4) is 0 Å². The van der Waals surface area contributed by atoms with Crippen LogP contribution in [0.3, 0.4) is 0 Å². The van der Waals surface area contributed by atoms with E-state index in [0.717, 1.165) is 6.07 Å². The number of anilines is 1. The summed E-state index contributed by atoms with van der Waals surface area (Å²) in [5.74, 6) is -0.608. The van der Waals surface area contributed by atoms with Gasteiger partial charge in [0, 0.05) is 12.5 Å². The standard InChI is InChI=1S/C11H12ClF3N2O/c1-6(16)5-9(18)17-10-7(11(13,14)15)3-2-4-8(10)12/h2-4,6H,5,16H2,1H3,(H,17,18). The topological polar surface area (TPSA) is 55.1 Å². The van der Waals surface area contributed by atoms with Gasteiger partial charge in [0.2, 0.25) is 5.91 Å². The van der Waals surface area contributed by atoms with Crippen molar-refractivity contribution in [3.63, 3.8) is 0 Å². The average Bonchev–Trinajstić information content (AvgIpc) is 2.18. The quantitative estimate of drug-likeness (QED) is 0.894. The van der Waals surface area contributed by atoms with Crippen molar-refractivity contribution < 1.29 is 18.0 Å². The second-order valence-corrected chi connectivity index (χ2v) is 4.30. The lowest BCUT2D eigenvalue weighted by atomic mass is 10.1. The number of halogens is 4. The lowest BCUT2D eigenvalue weighted by Crippen LogP contribution is -2.25. The summed E-state index contributed by atoms with van der Waals surface area (Å²) in [6, 6.07) is 2.86. The highest BCUT2D eigenvalue weighted by atomic mass is 35.5. The van der Waals surface area contributed by atoms with E-state index in [9.17, 15) is 18.0 Å². The fraction of sp³-hybridized carbons (Fsp3) is 0.364. The lowest BCUT2D eigenvalue weighted by Gasteiger charge is -2.15. The highest BCUT2D eigenvalue weighted by molar-refractivity contribution is 6.34. The van der Waals surface area contributed by atoms with Gasteiger partial charge < -0.3 is 11.1 Å². The van der Waals surface area contributed by atoms with Crippen LogP contribution in [0.25, 0.3) is 0 Å². The molecule has 0 heterocycles. The van der Waals surface area contributed by atoms with E-state index in [4.69, 9.17) is 17.3 Å². The normalized spacial score (nSPS) is 13.2. The Morgan fingerprint density at radius 1 is 1.50 bits per heavy atom. The molecule has 0 radical (unpaired) electrons. The number of benzene rings is 1. The Morgan fingerprint density at radius 3 is 2.61 bits per heavy atom. The maximum Gasteiger partial charge on any atom is 0.418 e. The number of hydrogen-bond donors (Lipinski definition) is 2. The van der Waals surface area contributed by atoms with Crippen LogP contribution in [-0.4, -0.2) is 11.9 Å². The maximum absolute atomic E-state index is 12.7. The first-order valence-corrected chi connectivity index (χ1v) is 5.50. The smallest absolute Gasteiger partial charge is 0.327 e. The molecule has 1 atom stereocenters. The van der Waals surface area contributed by atoms with Crippen molar-refractivity contribution in [2.45, 2.75) is 25.6 Å². The molecule has 0 saturated heterocycles. The molecule has 0 spiro atoms. The number of carbonyl (C=O) groups is 1. The van der Waals surface area contributed by atoms with Crippen LogP contribution in [0.15, 0.2) is 18.2 Å². The van der Waals surface area contributed by atoms with Gasteiger partial charge in [0.15, 0.2) is 0 Å². The summed E-state index contributed by atoms with van der Waals surface area (Å²) in [6.07, 6.45) is -4.66. The van der Waals surface area contributed by atoms with Crippen molar-refractivity contribution in [1.82, 2.24) is 0 Å². The third-order valence-corrected chi connectivity index (χ3v) is 2.41. The Morgan fingerprint density at radius 2 is 2.11 bits per heavy atom. The predicted octanol–water partition coefficient (Wildman–Crippen LogP) is 3.03. The van der Waals surface area contributed by atoms with Crippen molar-refractivity contribution in [1.29, 1.82) is 0 Å². The zero-order chi connectivity index (χ0) is 13.9. The molecule has 0 fully saturated rings. The van der Waals surface area contributed by atoms with Gasteiger partial charge in [0.1, 0.15) is 0 Å². The van der Waals surface area contributed by atoms with Crippen molar-refractivity contribution in [3.05, 3.63) is 28.8 Å². The number of para-hydroxylation sites is 1. The van der Waals surface area contributed by atoms with E-state index in [1.54, 1.807) is 6.92 Å². The molecule has 3 nitrogen and oxygen atoms in total. The first-order valence-electron chi connectivity index (χ1n) is 5.13. The van der Waals surface area contributed by atoms with Crippen molar-refractivity contribution in [2.75, 3.05) is 5.32 Å². The van der Waals surface area contributed by atoms with Gasteiger partial charge in [-0.25, -0.2) is 0 Å². The summed E-state index contributed by atoms with van der Waals surface area (Å²) in [7, 11) is 0. The Labute approximate surface area is 107 Å². The van der Waals surface area contributed by atoms with Crippen LogP contribution in [-0.2, 0) is 11.0 Å². The minimum atomic E-state index is -4.58. The van der Waals surface area contributed by atoms with Gasteiger partial charge in [0.05, 0.1) is 16.3 Å². The van der Waals surface area contributed by atoms with Gasteiger partial charge in [0.25, 0.3) is 0 Å². The van der Waals surface area contributed by atoms with Crippen LogP contribution in [0.4, 0.5) is 18.9 Å². The lowest BCUT2D eigenvalue weighted by molar-refractivity contribution is -0.137. The van der Waals surface area contributed by atoms with Gasteiger partial charge in [-0.3, -0.25) is 4.79 Å². The number of hydrogen-bond acceptors (Lipinski definition) is 2. The predicted molar refractivity (Wildman–Crippen MR) is 63.4 cm³/mol. The van der Waals surface area contributed by atoms with E-state index in [-0.39, 0.29) is 11.4 Å². The Bertz CT molecular complexity index is 446. The van der Waals surface area contributed by atoms with Gasteiger partial charge in [-0.05, 0) is 19.1 Å². The molecule has 0 bridgehead atoms. The van der Waals surface area contributed by atoms with Gasteiger partial charge in [-0.2, -0.15) is 13.2 Å². The zero-order valence-corrected chi connectivity index (χ0v) is 10.3. The molecular weight excluding hydrogens is 269 g/mol. The third-order valence-electron chi connectivity index (χ3n) is 2.09. The average molecular weight is 281 g/mol. The minimum absolute atomic E-state index is 0.0808. The Kier molecular flexibility index (Phi) is 4.59. The van der Waals surface area contributed by atoms with E-state index in [0.29, 0.717) is 0 Å². The molecule has 0 aliphatic carbocycles. The summed E-state index contributed by atoms with van der Waals surface area (Å²) >= 11 is 5.67. The molecule has 100 valence electrons. The first-order chi connectivity index (χ1) is 8.21. The molecule has 0 aromatic heterocycles. The number of carbonyl (C=O) groups excluding carboxylic acids is 1. The van der Waals surface area contributed by atoms with Crippen LogP contribution in [0.1, 0.15) is 18.9 Å². The number of amides is 1. The Hall–Kier alpha value is -1.27. The van der Waals surface area contributed by atoms with Crippen LogP contribution in [0.2, 0.25) is 5.02 Å². The zero-order valence-electron chi connectivity index (χ0n) is 9.51. The molecule has 0 aliphatic heterocycles. The third kappa shape index (κ3) is 3.89. The first kappa shape index (κ1) is 14.8. The molecule has 7 heteroatoms. The van der Waals surface area contributed by atoms with Gasteiger partial charge >= 0.3 is 6.18 Å². The molecule has 1 unspecified atom stereocenters. The van der Waals surface area contributed by atoms with E-state index in [2.05, 4.69) is 5.32 Å². The summed E-state index contributed by atoms with van der Waals surface area (Å²) in [5, 5.41) is 1.98. The summed E-state index contributed by atoms with van der Waals surface area (Å²) < 4.78 is 38.1. The second-order valence-electron chi connectivity index (χ2n) is 3.89. The highest BCUT2D eigenvalue weighted by Crippen LogP contribution is 2.38. The minimum Gasteiger partial charge on any atom is -0.327 e. The van der Waals surface area contributed by atoms with E-state index in [1.807, 2.05) is 0 Å². The molecule has 3 N–H and O–H groups in total. The van der Waals surface area contributed by atoms with E-state index < -0.39 is 29.4 Å². The molecular formula is C11H12ClF3N2O. The fourth-order valence-electron chi connectivity index (χ4n) is 1.37. The SMILES string of the molecule is CC(N)CC(=O)Nc1c(Cl)cccc1C(F)(F)F. The molecule has 0 saturated carbocycles. The number of alkyl halides is 3. The second kappa shape index (κ2) is 5.58. The molecule has 1 aromatic rings. The van der Waals surface area contributed by atoms with Gasteiger partial charge in [-0.15, -0.1) is 0 Å². The summed E-state index contributed by atoms with van der Waals surface area (Å²) in [5.41, 5.74) is 3.98. The number of nitrogens with one attached hydrogen (secondary N) is 1. The monoisotopic (exact) mass is 280 g/mol. The van der Waals surface area contributed by atoms with Crippen LogP contribution >= 0.6 is 11.6 Å². The Balaban J connectivity index is 3.04. The molecule has 0 aliphatic rings. The maximum atomic E-state index is 12.7. The fourth-order valence-corrected chi connectivity index (χ4v) is 1.59. The van der Waals surface area contributed by atoms with Crippen LogP contribution in [0, 0.1) is 0 Å². The molecule has 1 aromatic carbocycles. The molecule has 1 rings (SSSR count). The summed E-state index contributed by atoms with van der Waals surface area (Å²) in [4.78, 5) is 11.4. The number of rotatable bonds is 3. The van der Waals surface area contributed by atoms with E-state index in [1.165, 1.54) is 12.1 Å². The van der Waals surface area contributed by atoms with Crippen LogP contribution < -0.4 is 11.1 Å². The molecule has 18 heavy (non-hydrogen) atoms. The van der Waals surface area contributed by atoms with Crippen molar-refractivity contribution >= 4 is 23.2 Å².